The fourth-order valence-corrected chi connectivity index (χ4v) is 11.1. The zero-order valence-corrected chi connectivity index (χ0v) is 22.8. The number of ether oxygens (including phenoxy) is 1. The fraction of sp³-hybridized carbons (Fsp3) is 1.00. The lowest BCUT2D eigenvalue weighted by atomic mass is 9.35. The Kier molecular flexibility index (Phi) is 5.38. The van der Waals surface area contributed by atoms with E-state index in [0.717, 1.165) is 31.1 Å². The van der Waals surface area contributed by atoms with Crippen LogP contribution in [-0.4, -0.2) is 33.6 Å². The average molecular weight is 461 g/mol. The van der Waals surface area contributed by atoms with E-state index in [1.807, 2.05) is 13.8 Å². The smallest absolute Gasteiger partial charge is 0.0865 e. The molecule has 0 spiro atoms. The van der Waals surface area contributed by atoms with Crippen LogP contribution in [0.25, 0.3) is 0 Å². The van der Waals surface area contributed by atoms with Crippen molar-refractivity contribution in [1.82, 2.24) is 0 Å². The molecule has 0 aromatic carbocycles. The van der Waals surface area contributed by atoms with Gasteiger partial charge < -0.3 is 14.9 Å². The van der Waals surface area contributed by atoms with Gasteiger partial charge in [-0.15, -0.1) is 0 Å². The average Bonchev–Trinajstić information content (AvgIpc) is 3.27. The van der Waals surface area contributed by atoms with Crippen molar-refractivity contribution in [3.05, 3.63) is 0 Å². The van der Waals surface area contributed by atoms with E-state index < -0.39 is 5.60 Å². The molecule has 4 aliphatic carbocycles. The Morgan fingerprint density at radius 3 is 2.00 bits per heavy atom. The van der Waals surface area contributed by atoms with Gasteiger partial charge in [0.05, 0.1) is 23.4 Å². The van der Waals surface area contributed by atoms with Gasteiger partial charge in [0, 0.05) is 0 Å². The third-order valence-electron chi connectivity index (χ3n) is 13.3. The van der Waals surface area contributed by atoms with Gasteiger partial charge in [-0.3, -0.25) is 0 Å². The summed E-state index contributed by atoms with van der Waals surface area (Å²) in [5.74, 6) is 2.73. The third-order valence-corrected chi connectivity index (χ3v) is 13.3. The number of aliphatic hydroxyl groups is 2. The molecule has 0 aromatic heterocycles. The number of hydrogen-bond donors (Lipinski definition) is 2. The molecule has 3 heteroatoms. The van der Waals surface area contributed by atoms with E-state index in [0.29, 0.717) is 28.1 Å². The summed E-state index contributed by atoms with van der Waals surface area (Å²) >= 11 is 0. The molecule has 1 saturated heterocycles. The Bertz CT molecular complexity index is 784. The molecular weight excluding hydrogens is 408 g/mol. The molecule has 10 atom stereocenters. The molecule has 0 amide bonds. The van der Waals surface area contributed by atoms with E-state index >= 15 is 0 Å². The second kappa shape index (κ2) is 7.22. The summed E-state index contributed by atoms with van der Waals surface area (Å²) in [6.45, 7) is 18.8. The summed E-state index contributed by atoms with van der Waals surface area (Å²) in [5, 5.41) is 21.5. The van der Waals surface area contributed by atoms with Gasteiger partial charge in [-0.25, -0.2) is 0 Å². The van der Waals surface area contributed by atoms with Crippen molar-refractivity contribution in [2.24, 2.45) is 45.3 Å². The van der Waals surface area contributed by atoms with E-state index in [9.17, 15) is 10.2 Å². The summed E-state index contributed by atoms with van der Waals surface area (Å²) in [5.41, 5.74) is 0.277. The minimum atomic E-state index is -0.755. The summed E-state index contributed by atoms with van der Waals surface area (Å²) in [6.07, 6.45) is 11.9. The van der Waals surface area contributed by atoms with Crippen molar-refractivity contribution in [3.63, 3.8) is 0 Å². The first kappa shape index (κ1) is 24.6. The van der Waals surface area contributed by atoms with Crippen LogP contribution in [0.4, 0.5) is 0 Å². The predicted molar refractivity (Wildman–Crippen MR) is 134 cm³/mol. The van der Waals surface area contributed by atoms with E-state index in [-0.39, 0.29) is 23.2 Å². The second-order valence-electron chi connectivity index (χ2n) is 15.3. The molecule has 1 heterocycles. The van der Waals surface area contributed by atoms with Gasteiger partial charge in [0.25, 0.3) is 0 Å². The van der Waals surface area contributed by atoms with E-state index in [1.165, 1.54) is 44.9 Å². The molecule has 5 fully saturated rings. The summed E-state index contributed by atoms with van der Waals surface area (Å²) < 4.78 is 6.73. The summed E-state index contributed by atoms with van der Waals surface area (Å²) in [7, 11) is 0. The quantitative estimate of drug-likeness (QED) is 0.480. The van der Waals surface area contributed by atoms with Gasteiger partial charge in [-0.05, 0) is 130 Å². The van der Waals surface area contributed by atoms with Crippen LogP contribution in [0.5, 0.6) is 0 Å². The van der Waals surface area contributed by atoms with Crippen LogP contribution in [0.15, 0.2) is 0 Å². The molecule has 5 rings (SSSR count). The summed E-state index contributed by atoms with van der Waals surface area (Å²) in [4.78, 5) is 0. The third kappa shape index (κ3) is 3.16. The lowest BCUT2D eigenvalue weighted by Gasteiger charge is -2.70. The van der Waals surface area contributed by atoms with E-state index in [2.05, 4.69) is 41.5 Å². The first-order valence-electron chi connectivity index (χ1n) is 14.2. The molecule has 4 saturated carbocycles. The molecule has 190 valence electrons. The highest BCUT2D eigenvalue weighted by atomic mass is 16.5. The standard InChI is InChI=1S/C30H52O3/c1-25(2)21-12-17-29(7)22(27(21,5)15-13-23(25)31)10-9-19-20(11-16-28(19,29)6)30(8)18-14-24(33-30)26(3,4)32/h19-24,31-32H,9-18H2,1-8H3/t19-,20-,21+,22-,23-,24+,27+,28-,29-,30+/m1/s1. The topological polar surface area (TPSA) is 49.7 Å². The largest absolute Gasteiger partial charge is 0.393 e. The molecule has 0 radical (unpaired) electrons. The number of fused-ring (bicyclic) bond motifs is 5. The first-order valence-corrected chi connectivity index (χ1v) is 14.2. The van der Waals surface area contributed by atoms with Gasteiger partial charge >= 0.3 is 0 Å². The molecule has 2 N–H and O–H groups in total. The van der Waals surface area contributed by atoms with E-state index in [4.69, 9.17) is 4.74 Å². The normalized spacial score (nSPS) is 56.2. The van der Waals surface area contributed by atoms with Gasteiger partial charge in [0.2, 0.25) is 0 Å². The molecule has 5 aliphatic rings. The second-order valence-corrected chi connectivity index (χ2v) is 15.3. The highest BCUT2D eigenvalue weighted by molar-refractivity contribution is 5.18. The van der Waals surface area contributed by atoms with Crippen LogP contribution >= 0.6 is 0 Å². The molecule has 3 nitrogen and oxygen atoms in total. The monoisotopic (exact) mass is 460 g/mol. The van der Waals surface area contributed by atoms with Gasteiger partial charge in [-0.1, -0.05) is 34.6 Å². The number of aliphatic hydroxyl groups excluding tert-OH is 1. The van der Waals surface area contributed by atoms with Gasteiger partial charge in [-0.2, -0.15) is 0 Å². The highest BCUT2D eigenvalue weighted by Crippen LogP contribution is 2.76. The Labute approximate surface area is 203 Å². The first-order chi connectivity index (χ1) is 15.1. The van der Waals surface area contributed by atoms with Crippen molar-refractivity contribution in [2.45, 2.75) is 143 Å². The maximum absolute atomic E-state index is 10.9. The van der Waals surface area contributed by atoms with E-state index in [1.54, 1.807) is 0 Å². The Hall–Kier alpha value is -0.120. The van der Waals surface area contributed by atoms with Gasteiger partial charge in [0.15, 0.2) is 0 Å². The van der Waals surface area contributed by atoms with Gasteiger partial charge in [0.1, 0.15) is 0 Å². The molecule has 0 bridgehead atoms. The van der Waals surface area contributed by atoms with Crippen LogP contribution in [0.3, 0.4) is 0 Å². The number of rotatable bonds is 2. The SMILES string of the molecule is CC(C)(O)[C@@H]1CC[C@@](C)([C@@H]2CC[C@]3(C)[C@@H]2CC[C@@H]2[C@@]4(C)CC[C@@H](O)C(C)(C)[C@@H]4CC[C@]23C)O1. The fourth-order valence-electron chi connectivity index (χ4n) is 11.1. The zero-order valence-electron chi connectivity index (χ0n) is 22.8. The Balaban J connectivity index is 1.44. The Morgan fingerprint density at radius 2 is 1.36 bits per heavy atom. The molecular formula is C30H52O3. The number of hydrogen-bond acceptors (Lipinski definition) is 3. The zero-order chi connectivity index (χ0) is 24.2. The van der Waals surface area contributed by atoms with Crippen LogP contribution in [-0.2, 0) is 4.74 Å². The van der Waals surface area contributed by atoms with Crippen LogP contribution < -0.4 is 0 Å². The van der Waals surface area contributed by atoms with Crippen LogP contribution in [0.2, 0.25) is 0 Å². The predicted octanol–water partition coefficient (Wildman–Crippen LogP) is 6.74. The minimum Gasteiger partial charge on any atom is -0.393 e. The van der Waals surface area contributed by atoms with Crippen molar-refractivity contribution in [2.75, 3.05) is 0 Å². The molecule has 33 heavy (non-hydrogen) atoms. The van der Waals surface area contributed by atoms with Crippen molar-refractivity contribution >= 4 is 0 Å². The van der Waals surface area contributed by atoms with Crippen LogP contribution in [0, 0.1) is 45.3 Å². The lowest BCUT2D eigenvalue weighted by Crippen LogP contribution is -2.64. The summed E-state index contributed by atoms with van der Waals surface area (Å²) in [6, 6.07) is 0. The molecule has 1 aliphatic heterocycles. The minimum absolute atomic E-state index is 0.0293. The maximum Gasteiger partial charge on any atom is 0.0865 e. The lowest BCUT2D eigenvalue weighted by molar-refractivity contribution is -0.227. The van der Waals surface area contributed by atoms with Crippen LogP contribution in [0.1, 0.15) is 120 Å². The molecule has 0 aromatic rings. The van der Waals surface area contributed by atoms with Crippen molar-refractivity contribution in [3.8, 4) is 0 Å². The Morgan fingerprint density at radius 1 is 0.697 bits per heavy atom. The highest BCUT2D eigenvalue weighted by Gasteiger charge is 2.70. The molecule has 0 unspecified atom stereocenters. The van der Waals surface area contributed by atoms with Crippen molar-refractivity contribution < 1.29 is 14.9 Å². The van der Waals surface area contributed by atoms with Crippen molar-refractivity contribution in [1.29, 1.82) is 0 Å². The maximum atomic E-state index is 10.9.